The molecular formula is C6H15N2P. The molecule has 0 bridgehead atoms. The van der Waals surface area contributed by atoms with Crippen molar-refractivity contribution in [3.05, 3.63) is 0 Å². The van der Waals surface area contributed by atoms with Crippen LogP contribution in [0.2, 0.25) is 0 Å². The summed E-state index contributed by atoms with van der Waals surface area (Å²) in [5.41, 5.74) is 6.39. The Morgan fingerprint density at radius 1 is 1.44 bits per heavy atom. The van der Waals surface area contributed by atoms with E-state index in [-0.39, 0.29) is 0 Å². The Morgan fingerprint density at radius 3 is 2.67 bits per heavy atom. The molecule has 1 fully saturated rings. The molecule has 1 unspecified atom stereocenters. The Balaban J connectivity index is 2.08. The van der Waals surface area contributed by atoms with E-state index in [4.69, 9.17) is 5.73 Å². The molecule has 1 saturated heterocycles. The molecule has 0 saturated carbocycles. The first kappa shape index (κ1) is 7.46. The Hall–Kier alpha value is 0.350. The van der Waals surface area contributed by atoms with Gasteiger partial charge in [0.15, 0.2) is 0 Å². The van der Waals surface area contributed by atoms with E-state index < -0.39 is 0 Å². The van der Waals surface area contributed by atoms with Crippen molar-refractivity contribution in [2.45, 2.75) is 18.5 Å². The number of nitrogens with one attached hydrogen (secondary N) is 1. The first-order chi connectivity index (χ1) is 4.43. The fourth-order valence-electron chi connectivity index (χ4n) is 1.19. The minimum Gasteiger partial charge on any atom is -0.327 e. The summed E-state index contributed by atoms with van der Waals surface area (Å²) in [7, 11) is 1.00. The zero-order valence-corrected chi connectivity index (χ0v) is 6.69. The van der Waals surface area contributed by atoms with E-state index in [0.717, 1.165) is 20.5 Å². The second kappa shape index (κ2) is 4.21. The molecule has 1 heterocycles. The Morgan fingerprint density at radius 2 is 2.11 bits per heavy atom. The van der Waals surface area contributed by atoms with Gasteiger partial charge >= 0.3 is 0 Å². The Bertz CT molecular complexity index is 68.7. The van der Waals surface area contributed by atoms with E-state index in [1.807, 2.05) is 0 Å². The highest BCUT2D eigenvalue weighted by Crippen LogP contribution is 2.23. The molecule has 0 aromatic heterocycles. The maximum atomic E-state index is 5.45. The van der Waals surface area contributed by atoms with Crippen molar-refractivity contribution in [3.63, 3.8) is 0 Å². The molecular weight excluding hydrogens is 131 g/mol. The lowest BCUT2D eigenvalue weighted by Gasteiger charge is -2.21. The number of rotatable bonds is 2. The number of hydrogen-bond acceptors (Lipinski definition) is 2. The van der Waals surface area contributed by atoms with Crippen molar-refractivity contribution in [3.8, 4) is 0 Å². The van der Waals surface area contributed by atoms with E-state index in [2.05, 4.69) is 5.32 Å². The van der Waals surface area contributed by atoms with Crippen LogP contribution in [0.1, 0.15) is 12.8 Å². The summed E-state index contributed by atoms with van der Waals surface area (Å²) in [6, 6.07) is 0. The van der Waals surface area contributed by atoms with E-state index in [1.54, 1.807) is 0 Å². The SMILES string of the molecule is NCPC1CCNCC1. The quantitative estimate of drug-likeness (QED) is 0.551. The molecule has 0 aromatic rings. The van der Waals surface area contributed by atoms with Crippen LogP contribution < -0.4 is 11.1 Å². The van der Waals surface area contributed by atoms with Gasteiger partial charge in [-0.25, -0.2) is 0 Å². The molecule has 0 radical (unpaired) electrons. The Kier molecular flexibility index (Phi) is 3.49. The van der Waals surface area contributed by atoms with Gasteiger partial charge in [-0.1, -0.05) is 0 Å². The van der Waals surface area contributed by atoms with Gasteiger partial charge in [-0.3, -0.25) is 0 Å². The average molecular weight is 146 g/mol. The summed E-state index contributed by atoms with van der Waals surface area (Å²) in [6.07, 6.45) is 3.58. The predicted octanol–water partition coefficient (Wildman–Crippen LogP) is 0.333. The van der Waals surface area contributed by atoms with Crippen molar-refractivity contribution < 1.29 is 0 Å². The summed E-state index contributed by atoms with van der Waals surface area (Å²) in [4.78, 5) is 0. The van der Waals surface area contributed by atoms with Crippen LogP contribution in [-0.4, -0.2) is 25.0 Å². The molecule has 0 spiro atoms. The third-order valence-corrected chi connectivity index (χ3v) is 3.14. The summed E-state index contributed by atoms with van der Waals surface area (Å²) >= 11 is 0. The standard InChI is InChI=1S/C6H15N2P/c7-5-9-6-1-3-8-4-2-6/h6,8-9H,1-5,7H2. The summed E-state index contributed by atoms with van der Waals surface area (Å²) < 4.78 is 0. The van der Waals surface area contributed by atoms with Crippen LogP contribution in [0, 0.1) is 0 Å². The fraction of sp³-hybridized carbons (Fsp3) is 1.00. The number of nitrogens with two attached hydrogens (primary N) is 1. The van der Waals surface area contributed by atoms with Crippen molar-refractivity contribution >= 4 is 8.58 Å². The lowest BCUT2D eigenvalue weighted by Crippen LogP contribution is -2.29. The van der Waals surface area contributed by atoms with Crippen molar-refractivity contribution in [1.29, 1.82) is 0 Å². The Labute approximate surface area is 58.4 Å². The highest BCUT2D eigenvalue weighted by atomic mass is 31.1. The van der Waals surface area contributed by atoms with E-state index in [9.17, 15) is 0 Å². The van der Waals surface area contributed by atoms with Crippen LogP contribution in [0.15, 0.2) is 0 Å². The van der Waals surface area contributed by atoms with E-state index >= 15 is 0 Å². The van der Waals surface area contributed by atoms with Gasteiger partial charge in [-0.2, -0.15) is 0 Å². The first-order valence-electron chi connectivity index (χ1n) is 3.57. The van der Waals surface area contributed by atoms with Gasteiger partial charge in [0.05, 0.1) is 0 Å². The van der Waals surface area contributed by atoms with Crippen molar-refractivity contribution in [2.24, 2.45) is 5.73 Å². The normalized spacial score (nSPS) is 23.7. The highest BCUT2D eigenvalue weighted by molar-refractivity contribution is 7.38. The summed E-state index contributed by atoms with van der Waals surface area (Å²) in [6.45, 7) is 2.41. The summed E-state index contributed by atoms with van der Waals surface area (Å²) in [5, 5.41) is 3.34. The van der Waals surface area contributed by atoms with Crippen LogP contribution in [0.3, 0.4) is 0 Å². The van der Waals surface area contributed by atoms with Crippen LogP contribution in [0.4, 0.5) is 0 Å². The second-order valence-electron chi connectivity index (χ2n) is 2.43. The van der Waals surface area contributed by atoms with Crippen LogP contribution in [0.5, 0.6) is 0 Å². The highest BCUT2D eigenvalue weighted by Gasteiger charge is 2.10. The van der Waals surface area contributed by atoms with Crippen molar-refractivity contribution in [2.75, 3.05) is 19.4 Å². The molecule has 0 aromatic carbocycles. The minimum atomic E-state index is 0.894. The van der Waals surface area contributed by atoms with E-state index in [1.165, 1.54) is 25.9 Å². The molecule has 1 aliphatic rings. The van der Waals surface area contributed by atoms with Crippen LogP contribution in [-0.2, 0) is 0 Å². The maximum Gasteiger partial charge on any atom is 0.0101 e. The van der Waals surface area contributed by atoms with Gasteiger partial charge in [-0.15, -0.1) is 8.58 Å². The molecule has 2 nitrogen and oxygen atoms in total. The second-order valence-corrected chi connectivity index (χ2v) is 4.07. The lowest BCUT2D eigenvalue weighted by molar-refractivity contribution is 0.529. The first-order valence-corrected chi connectivity index (χ1v) is 4.86. The lowest BCUT2D eigenvalue weighted by atomic mass is 10.2. The van der Waals surface area contributed by atoms with Gasteiger partial charge < -0.3 is 11.1 Å². The third-order valence-electron chi connectivity index (χ3n) is 1.75. The number of hydrogen-bond donors (Lipinski definition) is 2. The zero-order valence-electron chi connectivity index (χ0n) is 5.69. The molecule has 1 rings (SSSR count). The molecule has 0 amide bonds. The van der Waals surface area contributed by atoms with Gasteiger partial charge in [0.25, 0.3) is 0 Å². The summed E-state index contributed by atoms with van der Waals surface area (Å²) in [5.74, 6) is 0. The van der Waals surface area contributed by atoms with E-state index in [0.29, 0.717) is 0 Å². The fourth-order valence-corrected chi connectivity index (χ4v) is 2.22. The van der Waals surface area contributed by atoms with Crippen molar-refractivity contribution in [1.82, 2.24) is 5.32 Å². The van der Waals surface area contributed by atoms with Gasteiger partial charge in [-0.05, 0) is 31.6 Å². The molecule has 1 aliphatic heterocycles. The number of piperidine rings is 1. The molecule has 3 heteroatoms. The maximum absolute atomic E-state index is 5.45. The largest absolute Gasteiger partial charge is 0.327 e. The smallest absolute Gasteiger partial charge is 0.0101 e. The molecule has 0 aliphatic carbocycles. The predicted molar refractivity (Wildman–Crippen MR) is 43.3 cm³/mol. The molecule has 9 heavy (non-hydrogen) atoms. The van der Waals surface area contributed by atoms with Crippen LogP contribution in [0.25, 0.3) is 0 Å². The molecule has 54 valence electrons. The van der Waals surface area contributed by atoms with Crippen LogP contribution >= 0.6 is 8.58 Å². The zero-order chi connectivity index (χ0) is 6.53. The monoisotopic (exact) mass is 146 g/mol. The minimum absolute atomic E-state index is 0.894. The average Bonchev–Trinajstić information content (AvgIpc) is 1.91. The third kappa shape index (κ3) is 2.61. The topological polar surface area (TPSA) is 38.0 Å². The molecule has 1 atom stereocenters. The molecule has 3 N–H and O–H groups in total. The van der Waals surface area contributed by atoms with Gasteiger partial charge in [0.1, 0.15) is 0 Å². The van der Waals surface area contributed by atoms with Gasteiger partial charge in [0.2, 0.25) is 0 Å². The van der Waals surface area contributed by atoms with Gasteiger partial charge in [0, 0.05) is 6.29 Å².